The molecule has 4 rings (SSSR count). The minimum atomic E-state index is -5.08. The number of amides is 1. The number of aromatic nitrogens is 2. The van der Waals surface area contributed by atoms with Gasteiger partial charge in [-0.15, -0.1) is 0 Å². The van der Waals surface area contributed by atoms with Gasteiger partial charge in [-0.3, -0.25) is 9.78 Å². The Morgan fingerprint density at radius 3 is 2.56 bits per heavy atom. The summed E-state index contributed by atoms with van der Waals surface area (Å²) in [5.74, 6) is -1.27. The lowest BCUT2D eigenvalue weighted by atomic mass is 9.93. The molecule has 1 aromatic heterocycles. The summed E-state index contributed by atoms with van der Waals surface area (Å²) in [6.45, 7) is 6.43. The van der Waals surface area contributed by atoms with E-state index in [1.165, 1.54) is 25.2 Å². The van der Waals surface area contributed by atoms with E-state index in [0.29, 0.717) is 30.2 Å². The average molecular weight is 460 g/mol. The van der Waals surface area contributed by atoms with E-state index < -0.39 is 12.1 Å². The van der Waals surface area contributed by atoms with Gasteiger partial charge >= 0.3 is 12.1 Å². The third-order valence-corrected chi connectivity index (χ3v) is 5.93. The highest BCUT2D eigenvalue weighted by molar-refractivity contribution is 5.91. The van der Waals surface area contributed by atoms with Crippen LogP contribution < -0.4 is 5.32 Å². The summed E-state index contributed by atoms with van der Waals surface area (Å²) in [6, 6.07) is 0. The van der Waals surface area contributed by atoms with Gasteiger partial charge in [-0.25, -0.2) is 9.78 Å². The first kappa shape index (κ1) is 24.3. The number of hydrogen-bond acceptors (Lipinski definition) is 7. The normalized spacial score (nSPS) is 26.2. The van der Waals surface area contributed by atoms with Gasteiger partial charge < -0.3 is 24.8 Å². The highest BCUT2D eigenvalue weighted by Crippen LogP contribution is 2.34. The molecule has 0 bridgehead atoms. The Labute approximate surface area is 183 Å². The Hall–Kier alpha value is -2.31. The molecule has 32 heavy (non-hydrogen) atoms. The van der Waals surface area contributed by atoms with E-state index in [4.69, 9.17) is 19.4 Å². The van der Waals surface area contributed by atoms with Crippen LogP contribution in [0.15, 0.2) is 18.6 Å². The minimum absolute atomic E-state index is 0.159. The largest absolute Gasteiger partial charge is 0.490 e. The van der Waals surface area contributed by atoms with Gasteiger partial charge in [0.2, 0.25) is 0 Å². The molecule has 3 aliphatic heterocycles. The summed E-state index contributed by atoms with van der Waals surface area (Å²) in [6.07, 6.45) is 2.17. The summed E-state index contributed by atoms with van der Waals surface area (Å²) in [7, 11) is 0. The fraction of sp³-hybridized carbons (Fsp3) is 0.700. The van der Waals surface area contributed by atoms with Crippen LogP contribution in [-0.4, -0.2) is 90.1 Å². The zero-order valence-electron chi connectivity index (χ0n) is 17.5. The molecule has 1 amide bonds. The SMILES string of the molecule is O=C(NC[C@H]1CO[C@@H]2CN(CC3CCOCC3)C[C@H]12)c1cnccn1.O=C(O)C(F)(F)F. The molecule has 9 nitrogen and oxygen atoms in total. The zero-order valence-corrected chi connectivity index (χ0v) is 17.5. The molecule has 0 aromatic carbocycles. The van der Waals surface area contributed by atoms with E-state index in [2.05, 4.69) is 20.2 Å². The lowest BCUT2D eigenvalue weighted by molar-refractivity contribution is -0.192. The molecule has 0 unspecified atom stereocenters. The Morgan fingerprint density at radius 1 is 1.22 bits per heavy atom. The summed E-state index contributed by atoms with van der Waals surface area (Å²) < 4.78 is 43.2. The van der Waals surface area contributed by atoms with Gasteiger partial charge in [0.25, 0.3) is 5.91 Å². The van der Waals surface area contributed by atoms with Crippen LogP contribution >= 0.6 is 0 Å². The number of nitrogens with one attached hydrogen (secondary N) is 1. The molecular weight excluding hydrogens is 433 g/mol. The van der Waals surface area contributed by atoms with E-state index in [1.54, 1.807) is 6.20 Å². The van der Waals surface area contributed by atoms with Crippen molar-refractivity contribution in [3.8, 4) is 0 Å². The second-order valence-corrected chi connectivity index (χ2v) is 8.17. The standard InChI is InChI=1S/C18H26N4O3.C2HF3O2/c23-18(16-8-19-3-4-20-16)21-7-14-12-25-17-11-22(10-15(14)17)9-13-1-5-24-6-2-13;3-2(4,5)1(6)7/h3-4,8,13-15,17H,1-2,5-7,9-12H2,(H,21,23);(H,6,7)/t14-,15+,17+;/m0./s1. The highest BCUT2D eigenvalue weighted by Gasteiger charge is 2.44. The number of rotatable bonds is 5. The van der Waals surface area contributed by atoms with Gasteiger partial charge in [0.05, 0.1) is 18.9 Å². The molecule has 3 atom stereocenters. The molecule has 2 N–H and O–H groups in total. The van der Waals surface area contributed by atoms with Crippen molar-refractivity contribution < 1.29 is 37.3 Å². The van der Waals surface area contributed by atoms with Crippen LogP contribution in [0.4, 0.5) is 13.2 Å². The van der Waals surface area contributed by atoms with Crippen LogP contribution in [-0.2, 0) is 14.3 Å². The number of carboxylic acid groups (broad SMARTS) is 1. The van der Waals surface area contributed by atoms with E-state index in [-0.39, 0.29) is 5.91 Å². The van der Waals surface area contributed by atoms with E-state index in [1.807, 2.05) is 0 Å². The molecule has 3 aliphatic rings. The molecule has 3 fully saturated rings. The van der Waals surface area contributed by atoms with Gasteiger partial charge in [0, 0.05) is 63.6 Å². The molecule has 1 aromatic rings. The molecule has 12 heteroatoms. The maximum atomic E-state index is 12.1. The summed E-state index contributed by atoms with van der Waals surface area (Å²) in [5.41, 5.74) is 0.366. The number of ether oxygens (including phenoxy) is 2. The smallest absolute Gasteiger partial charge is 0.475 e. The molecule has 0 radical (unpaired) electrons. The second-order valence-electron chi connectivity index (χ2n) is 8.17. The maximum Gasteiger partial charge on any atom is 0.490 e. The van der Waals surface area contributed by atoms with Gasteiger partial charge in [-0.05, 0) is 18.8 Å². The lowest BCUT2D eigenvalue weighted by Crippen LogP contribution is -2.35. The predicted molar refractivity (Wildman–Crippen MR) is 105 cm³/mol. The third kappa shape index (κ3) is 6.84. The van der Waals surface area contributed by atoms with Crippen LogP contribution in [0.5, 0.6) is 0 Å². The third-order valence-electron chi connectivity index (χ3n) is 5.93. The number of nitrogens with zero attached hydrogens (tertiary/aromatic N) is 3. The zero-order chi connectivity index (χ0) is 23.1. The molecule has 3 saturated heterocycles. The first-order valence-corrected chi connectivity index (χ1v) is 10.5. The van der Waals surface area contributed by atoms with Crippen LogP contribution in [0.2, 0.25) is 0 Å². The van der Waals surface area contributed by atoms with Crippen molar-refractivity contribution in [1.82, 2.24) is 20.2 Å². The van der Waals surface area contributed by atoms with Crippen LogP contribution in [0, 0.1) is 17.8 Å². The molecule has 4 heterocycles. The van der Waals surface area contributed by atoms with E-state index >= 15 is 0 Å². The predicted octanol–water partition coefficient (Wildman–Crippen LogP) is 1.21. The summed E-state index contributed by atoms with van der Waals surface area (Å²) >= 11 is 0. The van der Waals surface area contributed by atoms with Gasteiger partial charge in [0.1, 0.15) is 5.69 Å². The fourth-order valence-electron chi connectivity index (χ4n) is 4.26. The Bertz CT molecular complexity index is 761. The number of carboxylic acids is 1. The van der Waals surface area contributed by atoms with Crippen molar-refractivity contribution in [1.29, 1.82) is 0 Å². The number of carbonyl (C=O) groups is 2. The number of likely N-dealkylation sites (tertiary alicyclic amines) is 1. The Morgan fingerprint density at radius 2 is 1.94 bits per heavy atom. The van der Waals surface area contributed by atoms with Crippen LogP contribution in [0.3, 0.4) is 0 Å². The Balaban J connectivity index is 0.000000360. The maximum absolute atomic E-state index is 12.1. The van der Waals surface area contributed by atoms with Crippen molar-refractivity contribution in [3.63, 3.8) is 0 Å². The minimum Gasteiger partial charge on any atom is -0.475 e. The van der Waals surface area contributed by atoms with E-state index in [9.17, 15) is 18.0 Å². The molecule has 0 aliphatic carbocycles. The van der Waals surface area contributed by atoms with Gasteiger partial charge in [0.15, 0.2) is 0 Å². The van der Waals surface area contributed by atoms with Crippen molar-refractivity contribution in [2.75, 3.05) is 46.0 Å². The summed E-state index contributed by atoms with van der Waals surface area (Å²) in [4.78, 5) is 31.6. The molecule has 0 saturated carbocycles. The summed E-state index contributed by atoms with van der Waals surface area (Å²) in [5, 5.41) is 10.1. The molecular formula is C20H27F3N4O5. The topological polar surface area (TPSA) is 114 Å². The van der Waals surface area contributed by atoms with Crippen LogP contribution in [0.25, 0.3) is 0 Å². The highest BCUT2D eigenvalue weighted by atomic mass is 19.4. The number of fused-ring (bicyclic) bond motifs is 1. The second kappa shape index (κ2) is 11.0. The number of alkyl halides is 3. The van der Waals surface area contributed by atoms with E-state index in [0.717, 1.165) is 45.4 Å². The van der Waals surface area contributed by atoms with Gasteiger partial charge in [-0.2, -0.15) is 13.2 Å². The number of halogens is 3. The average Bonchev–Trinajstić information content (AvgIpc) is 3.33. The van der Waals surface area contributed by atoms with Crippen LogP contribution in [0.1, 0.15) is 23.3 Å². The quantitative estimate of drug-likeness (QED) is 0.674. The first-order valence-electron chi connectivity index (χ1n) is 10.5. The van der Waals surface area contributed by atoms with Crippen molar-refractivity contribution >= 4 is 11.9 Å². The molecule has 178 valence electrons. The Kier molecular flexibility index (Phi) is 8.38. The number of aliphatic carboxylic acids is 1. The van der Waals surface area contributed by atoms with Gasteiger partial charge in [-0.1, -0.05) is 0 Å². The van der Waals surface area contributed by atoms with Crippen molar-refractivity contribution in [2.45, 2.75) is 25.1 Å². The number of carbonyl (C=O) groups excluding carboxylic acids is 1. The first-order chi connectivity index (χ1) is 15.2. The van der Waals surface area contributed by atoms with Crippen molar-refractivity contribution in [3.05, 3.63) is 24.3 Å². The fourth-order valence-corrected chi connectivity index (χ4v) is 4.26. The van der Waals surface area contributed by atoms with Crippen molar-refractivity contribution in [2.24, 2.45) is 17.8 Å². The lowest BCUT2D eigenvalue weighted by Gasteiger charge is -2.27. The monoisotopic (exact) mass is 460 g/mol. The molecule has 0 spiro atoms. The number of hydrogen-bond donors (Lipinski definition) is 2.